The monoisotopic (exact) mass is 544 g/mol. The summed E-state index contributed by atoms with van der Waals surface area (Å²) in [6, 6.07) is 4.17. The van der Waals surface area contributed by atoms with E-state index in [-0.39, 0.29) is 39.2 Å². The Morgan fingerprint density at radius 1 is 1.24 bits per heavy atom. The topological polar surface area (TPSA) is 119 Å². The first-order chi connectivity index (χ1) is 18.0. The zero-order valence-corrected chi connectivity index (χ0v) is 22.8. The van der Waals surface area contributed by atoms with Crippen molar-refractivity contribution in [2.75, 3.05) is 29.0 Å². The van der Waals surface area contributed by atoms with Crippen molar-refractivity contribution in [1.29, 1.82) is 0 Å². The number of nitrogens with zero attached hydrogens (tertiary/aromatic N) is 3. The molecule has 204 valence electrons. The van der Waals surface area contributed by atoms with Crippen LogP contribution in [0.25, 0.3) is 10.6 Å². The van der Waals surface area contributed by atoms with Crippen molar-refractivity contribution in [3.63, 3.8) is 0 Å². The normalized spacial score (nSPS) is 17.8. The van der Waals surface area contributed by atoms with Crippen LogP contribution < -0.4 is 26.4 Å². The van der Waals surface area contributed by atoms with Crippen molar-refractivity contribution in [1.82, 2.24) is 9.97 Å². The molecule has 8 nitrogen and oxygen atoms in total. The van der Waals surface area contributed by atoms with Crippen LogP contribution >= 0.6 is 11.3 Å². The highest BCUT2D eigenvalue weighted by Gasteiger charge is 2.28. The number of rotatable bonds is 8. The Morgan fingerprint density at radius 2 is 2.00 bits per heavy atom. The second kappa shape index (κ2) is 11.6. The molecule has 1 saturated heterocycles. The number of nitrogens with two attached hydrogens (primary N) is 2. The van der Waals surface area contributed by atoms with Gasteiger partial charge in [0, 0.05) is 25.3 Å². The second-order valence-corrected chi connectivity index (χ2v) is 11.4. The van der Waals surface area contributed by atoms with Crippen LogP contribution in [0.3, 0.4) is 0 Å². The van der Waals surface area contributed by atoms with E-state index in [9.17, 15) is 9.18 Å². The van der Waals surface area contributed by atoms with Gasteiger partial charge in [-0.1, -0.05) is 25.2 Å². The maximum Gasteiger partial charge on any atom is 0.277 e. The van der Waals surface area contributed by atoms with Crippen LogP contribution in [-0.4, -0.2) is 41.1 Å². The average molecular weight is 545 g/mol. The third kappa shape index (κ3) is 6.21. The highest BCUT2D eigenvalue weighted by atomic mass is 32.1. The third-order valence-corrected chi connectivity index (χ3v) is 7.16. The molecular weight excluding hydrogens is 510 g/mol. The molecule has 1 aliphatic heterocycles. The van der Waals surface area contributed by atoms with E-state index in [1.54, 1.807) is 26.2 Å². The van der Waals surface area contributed by atoms with E-state index >= 15 is 4.39 Å². The molecule has 2 aromatic heterocycles. The summed E-state index contributed by atoms with van der Waals surface area (Å²) in [7, 11) is 0. The van der Waals surface area contributed by atoms with Crippen molar-refractivity contribution >= 4 is 33.6 Å². The van der Waals surface area contributed by atoms with Gasteiger partial charge in [-0.3, -0.25) is 9.78 Å². The van der Waals surface area contributed by atoms with Crippen molar-refractivity contribution < 1.29 is 18.3 Å². The van der Waals surface area contributed by atoms with Gasteiger partial charge in [-0.05, 0) is 56.7 Å². The Morgan fingerprint density at radius 3 is 2.71 bits per heavy atom. The molecule has 1 fully saturated rings. The summed E-state index contributed by atoms with van der Waals surface area (Å²) >= 11 is 0.828. The number of nitrogens with one attached hydrogen (secondary N) is 1. The fraction of sp³-hybridized carbons (Fsp3) is 0.444. The number of thiazole rings is 1. The number of benzene rings is 1. The predicted octanol–water partition coefficient (Wildman–Crippen LogP) is 5.30. The second-order valence-electron chi connectivity index (χ2n) is 10.4. The molecule has 2 unspecified atom stereocenters. The summed E-state index contributed by atoms with van der Waals surface area (Å²) < 4.78 is 35.2. The van der Waals surface area contributed by atoms with Crippen molar-refractivity contribution in [2.24, 2.45) is 17.6 Å². The minimum atomic E-state index is -0.897. The SMILES string of the molecule is CC(C)CC1CC(N)CN(c2ccncc2NC(=O)c2nc(-c3c(F)ccc(OC(C)C)c3F)sc2N)C1. The molecule has 1 aliphatic rings. The zero-order valence-electron chi connectivity index (χ0n) is 22.0. The van der Waals surface area contributed by atoms with Gasteiger partial charge in [-0.2, -0.15) is 0 Å². The number of ether oxygens (including phenoxy) is 1. The molecule has 0 radical (unpaired) electrons. The van der Waals surface area contributed by atoms with E-state index in [2.05, 4.69) is 34.0 Å². The fourth-order valence-electron chi connectivity index (χ4n) is 4.90. The Hall–Kier alpha value is -3.31. The Balaban J connectivity index is 1.59. The van der Waals surface area contributed by atoms with Crippen LogP contribution in [-0.2, 0) is 0 Å². The molecule has 0 aliphatic carbocycles. The van der Waals surface area contributed by atoms with Crippen LogP contribution in [0.1, 0.15) is 51.0 Å². The molecule has 0 saturated carbocycles. The number of anilines is 3. The molecular formula is C27H34F2N6O2S. The number of hydrogen-bond acceptors (Lipinski definition) is 8. The van der Waals surface area contributed by atoms with Crippen LogP contribution in [0, 0.1) is 23.5 Å². The fourth-order valence-corrected chi connectivity index (χ4v) is 5.77. The van der Waals surface area contributed by atoms with Crippen LogP contribution in [0.2, 0.25) is 0 Å². The maximum atomic E-state index is 15.1. The van der Waals surface area contributed by atoms with Gasteiger partial charge in [0.25, 0.3) is 5.91 Å². The molecule has 11 heteroatoms. The first-order valence-corrected chi connectivity index (χ1v) is 13.5. The highest BCUT2D eigenvalue weighted by Crippen LogP contribution is 2.38. The van der Waals surface area contributed by atoms with Gasteiger partial charge in [0.15, 0.2) is 17.3 Å². The molecule has 1 aromatic carbocycles. The van der Waals surface area contributed by atoms with E-state index in [0.29, 0.717) is 24.1 Å². The molecule has 0 bridgehead atoms. The summed E-state index contributed by atoms with van der Waals surface area (Å²) in [5, 5.41) is 2.82. The average Bonchev–Trinajstić information content (AvgIpc) is 3.21. The Kier molecular flexibility index (Phi) is 8.47. The van der Waals surface area contributed by atoms with Crippen LogP contribution in [0.4, 0.5) is 25.2 Å². The number of amides is 1. The van der Waals surface area contributed by atoms with Gasteiger partial charge >= 0.3 is 0 Å². The Bertz CT molecular complexity index is 1300. The number of carbonyl (C=O) groups excluding carboxylic acids is 1. The van der Waals surface area contributed by atoms with E-state index in [0.717, 1.165) is 42.5 Å². The first-order valence-electron chi connectivity index (χ1n) is 12.7. The van der Waals surface area contributed by atoms with Gasteiger partial charge in [0.1, 0.15) is 15.8 Å². The molecule has 3 aromatic rings. The molecule has 3 heterocycles. The summed E-state index contributed by atoms with van der Waals surface area (Å²) in [6.07, 6.45) is 4.92. The van der Waals surface area contributed by atoms with E-state index in [1.807, 2.05) is 6.07 Å². The smallest absolute Gasteiger partial charge is 0.277 e. The number of hydrogen-bond donors (Lipinski definition) is 3. The highest BCUT2D eigenvalue weighted by molar-refractivity contribution is 7.19. The van der Waals surface area contributed by atoms with Gasteiger partial charge < -0.3 is 26.4 Å². The minimum Gasteiger partial charge on any atom is -0.488 e. The number of halogens is 2. The van der Waals surface area contributed by atoms with Crippen LogP contribution in [0.15, 0.2) is 30.6 Å². The van der Waals surface area contributed by atoms with Crippen molar-refractivity contribution in [3.05, 3.63) is 47.9 Å². The largest absolute Gasteiger partial charge is 0.488 e. The van der Waals surface area contributed by atoms with Gasteiger partial charge in [-0.25, -0.2) is 13.8 Å². The number of piperidine rings is 1. The summed E-state index contributed by atoms with van der Waals surface area (Å²) in [5.41, 5.74) is 13.2. The zero-order chi connectivity index (χ0) is 27.6. The summed E-state index contributed by atoms with van der Waals surface area (Å²) in [5.74, 6) is -1.44. The molecule has 2 atom stereocenters. The number of pyridine rings is 1. The van der Waals surface area contributed by atoms with E-state index in [1.165, 1.54) is 6.07 Å². The molecule has 0 spiro atoms. The molecule has 4 rings (SSSR count). The number of carbonyl (C=O) groups is 1. The lowest BCUT2D eigenvalue weighted by Gasteiger charge is -2.39. The lowest BCUT2D eigenvalue weighted by atomic mass is 9.87. The van der Waals surface area contributed by atoms with Crippen molar-refractivity contribution in [3.8, 4) is 16.3 Å². The maximum absolute atomic E-state index is 15.1. The lowest BCUT2D eigenvalue weighted by molar-refractivity contribution is 0.102. The molecule has 5 N–H and O–H groups in total. The quantitative estimate of drug-likeness (QED) is 0.352. The Labute approximate surface area is 225 Å². The number of aromatic nitrogens is 2. The lowest BCUT2D eigenvalue weighted by Crippen LogP contribution is -2.47. The molecule has 38 heavy (non-hydrogen) atoms. The van der Waals surface area contributed by atoms with Gasteiger partial charge in [0.05, 0.1) is 29.2 Å². The van der Waals surface area contributed by atoms with Gasteiger partial charge in [-0.15, -0.1) is 0 Å². The predicted molar refractivity (Wildman–Crippen MR) is 148 cm³/mol. The van der Waals surface area contributed by atoms with Crippen LogP contribution in [0.5, 0.6) is 5.75 Å². The van der Waals surface area contributed by atoms with Gasteiger partial charge in [0.2, 0.25) is 0 Å². The minimum absolute atomic E-state index is 0.0150. The molecule has 1 amide bonds. The van der Waals surface area contributed by atoms with Crippen molar-refractivity contribution in [2.45, 2.75) is 52.7 Å². The third-order valence-electron chi connectivity index (χ3n) is 6.26. The number of nitrogen functional groups attached to an aromatic ring is 1. The van der Waals surface area contributed by atoms with E-state index < -0.39 is 17.5 Å². The standard InChI is InChI=1S/C27H34F2N6O2S/c1-14(2)9-16-10-17(30)13-35(12-16)20-7-8-32-11-19(20)33-26(36)24-25(31)38-27(34-24)22-18(28)5-6-21(23(22)29)37-15(3)4/h5-8,11,14-17H,9-10,12-13,30-31H2,1-4H3,(H,33,36). The summed E-state index contributed by atoms with van der Waals surface area (Å²) in [6.45, 7) is 9.33. The van der Waals surface area contributed by atoms with E-state index in [4.69, 9.17) is 16.2 Å². The summed E-state index contributed by atoms with van der Waals surface area (Å²) in [4.78, 5) is 23.8. The first kappa shape index (κ1) is 27.7.